The van der Waals surface area contributed by atoms with Gasteiger partial charge in [-0.2, -0.15) is 0 Å². The molecule has 1 fully saturated rings. The SMILES string of the molecule is O=COCN1CCN(COC=O)CCN(CC(=O)N2CCc3ccc(C(=O)N[C@@H](Cc4ccc5ccccc5c4)C(=O)NCCCCC(NC(=O)N[C@@H](CCC(=O)O)C(=O)O)C(=O)O)cc3C2)CCN(CC(=O)O)CC1. The zero-order valence-electron chi connectivity index (χ0n) is 42.1. The Morgan fingerprint density at radius 2 is 1.18 bits per heavy atom. The van der Waals surface area contributed by atoms with E-state index in [1.807, 2.05) is 63.2 Å². The number of carbonyl (C=O) groups excluding carboxylic acids is 6. The van der Waals surface area contributed by atoms with Crippen molar-refractivity contribution in [1.82, 2.24) is 45.8 Å². The molecule has 25 heteroatoms. The lowest BCUT2D eigenvalue weighted by Gasteiger charge is -2.34. The second kappa shape index (κ2) is 30.6. The molecule has 412 valence electrons. The number of aliphatic carboxylic acids is 4. The van der Waals surface area contributed by atoms with Crippen LogP contribution in [0.1, 0.15) is 59.2 Å². The van der Waals surface area contributed by atoms with Gasteiger partial charge in [0, 0.05) is 90.4 Å². The van der Waals surface area contributed by atoms with Crippen molar-refractivity contribution >= 4 is 71.3 Å². The van der Waals surface area contributed by atoms with Crippen molar-refractivity contribution in [3.05, 3.63) is 82.9 Å². The van der Waals surface area contributed by atoms with Gasteiger partial charge < -0.3 is 56.1 Å². The molecule has 8 N–H and O–H groups in total. The molecular formula is C51H67N9O16. The van der Waals surface area contributed by atoms with Crippen molar-refractivity contribution in [2.24, 2.45) is 0 Å². The van der Waals surface area contributed by atoms with Crippen molar-refractivity contribution in [3.8, 4) is 0 Å². The summed E-state index contributed by atoms with van der Waals surface area (Å²) in [5, 5.41) is 49.5. The maximum absolute atomic E-state index is 14.1. The molecule has 0 spiro atoms. The number of hydrogen-bond acceptors (Lipinski definition) is 16. The zero-order chi connectivity index (χ0) is 55.0. The van der Waals surface area contributed by atoms with Gasteiger partial charge in [0.1, 0.15) is 31.6 Å². The van der Waals surface area contributed by atoms with E-state index in [1.165, 1.54) is 0 Å². The second-order valence-corrected chi connectivity index (χ2v) is 18.5. The molecule has 76 heavy (non-hydrogen) atoms. The first-order chi connectivity index (χ1) is 36.5. The number of amides is 5. The first-order valence-corrected chi connectivity index (χ1v) is 24.9. The number of rotatable bonds is 27. The quantitative estimate of drug-likeness (QED) is 0.0368. The Balaban J connectivity index is 1.23. The summed E-state index contributed by atoms with van der Waals surface area (Å²) in [6.45, 7) is 4.15. The summed E-state index contributed by atoms with van der Waals surface area (Å²) in [7, 11) is 0. The fourth-order valence-electron chi connectivity index (χ4n) is 8.82. The van der Waals surface area contributed by atoms with Crippen LogP contribution in [0.4, 0.5) is 4.79 Å². The van der Waals surface area contributed by atoms with E-state index in [0.29, 0.717) is 78.3 Å². The number of nitrogens with zero attached hydrogens (tertiary/aromatic N) is 5. The summed E-state index contributed by atoms with van der Waals surface area (Å²) in [4.78, 5) is 132. The molecule has 2 aliphatic heterocycles. The molecule has 2 heterocycles. The minimum absolute atomic E-state index is 0.000511. The van der Waals surface area contributed by atoms with Crippen molar-refractivity contribution in [3.63, 3.8) is 0 Å². The van der Waals surface area contributed by atoms with Gasteiger partial charge in [0.2, 0.25) is 11.8 Å². The molecule has 3 aromatic rings. The van der Waals surface area contributed by atoms with Gasteiger partial charge >= 0.3 is 29.9 Å². The molecule has 5 amide bonds. The fraction of sp³-hybridized carbons (Fsp3) is 0.490. The van der Waals surface area contributed by atoms with Gasteiger partial charge in [-0.05, 0) is 71.7 Å². The summed E-state index contributed by atoms with van der Waals surface area (Å²) in [6.07, 6.45) is 0.0556. The number of benzene rings is 3. The molecule has 2 aliphatic rings. The van der Waals surface area contributed by atoms with Gasteiger partial charge in [-0.3, -0.25) is 53.2 Å². The van der Waals surface area contributed by atoms with Gasteiger partial charge in [-0.15, -0.1) is 0 Å². The largest absolute Gasteiger partial charge is 0.481 e. The third kappa shape index (κ3) is 19.8. The van der Waals surface area contributed by atoms with Crippen molar-refractivity contribution < 1.29 is 77.8 Å². The van der Waals surface area contributed by atoms with Crippen LogP contribution in [-0.4, -0.2) is 216 Å². The van der Waals surface area contributed by atoms with E-state index in [2.05, 4.69) is 21.3 Å². The van der Waals surface area contributed by atoms with E-state index in [4.69, 9.17) is 14.6 Å². The first kappa shape index (κ1) is 59.1. The number of fused-ring (bicyclic) bond motifs is 2. The minimum atomic E-state index is -1.56. The number of hydrogen-bond donors (Lipinski definition) is 8. The summed E-state index contributed by atoms with van der Waals surface area (Å²) >= 11 is 0. The highest BCUT2D eigenvalue weighted by atomic mass is 16.5. The molecule has 1 saturated heterocycles. The smallest absolute Gasteiger partial charge is 0.326 e. The van der Waals surface area contributed by atoms with E-state index in [1.54, 1.807) is 21.9 Å². The molecule has 5 rings (SSSR count). The summed E-state index contributed by atoms with van der Waals surface area (Å²) in [6, 6.07) is 13.4. The van der Waals surface area contributed by atoms with Crippen LogP contribution in [0.3, 0.4) is 0 Å². The highest BCUT2D eigenvalue weighted by molar-refractivity contribution is 5.98. The topological polar surface area (TPSA) is 334 Å². The van der Waals surface area contributed by atoms with Crippen molar-refractivity contribution in [2.45, 2.75) is 69.6 Å². The van der Waals surface area contributed by atoms with E-state index >= 15 is 0 Å². The molecule has 0 saturated carbocycles. The molecule has 3 aromatic carbocycles. The van der Waals surface area contributed by atoms with Crippen LogP contribution in [0.15, 0.2) is 60.7 Å². The monoisotopic (exact) mass is 1060 g/mol. The number of carbonyl (C=O) groups is 10. The third-order valence-electron chi connectivity index (χ3n) is 13.1. The summed E-state index contributed by atoms with van der Waals surface area (Å²) < 4.78 is 10.0. The zero-order valence-corrected chi connectivity index (χ0v) is 42.1. The van der Waals surface area contributed by atoms with Crippen LogP contribution in [-0.2, 0) is 67.2 Å². The summed E-state index contributed by atoms with van der Waals surface area (Å²) in [5.41, 5.74) is 2.71. The number of carboxylic acid groups (broad SMARTS) is 4. The molecule has 25 nitrogen and oxygen atoms in total. The fourth-order valence-corrected chi connectivity index (χ4v) is 8.82. The first-order valence-electron chi connectivity index (χ1n) is 24.9. The molecule has 0 bridgehead atoms. The standard InChI is InChI=1S/C51H67N9O16/c61-33-75-31-58-21-19-56(17-18-57(30-46(66)67)20-22-59(24-23-58)32-76-34-62)29-44(63)60-16-14-37-10-11-39(27-40(37)28-60)47(68)53-43(26-35-8-9-36-5-1-2-6-38(36)25-35)48(69)52-15-4-3-7-41(49(70)71)54-51(74)55-42(50(72)73)12-13-45(64)65/h1-2,5-6,8-11,25,27,33-34,41-43H,3-4,7,12-24,26,28-32H2,(H,52,69)(H,53,68)(H,64,65)(H,66,67)(H,70,71)(H,72,73)(H2,54,55,74)/t41?,42-,43-/m0/s1. The molecular weight excluding hydrogens is 995 g/mol. The lowest BCUT2D eigenvalue weighted by molar-refractivity contribution is -0.141. The van der Waals surface area contributed by atoms with Crippen LogP contribution in [0.2, 0.25) is 0 Å². The molecule has 1 unspecified atom stereocenters. The van der Waals surface area contributed by atoms with Crippen molar-refractivity contribution in [1.29, 1.82) is 0 Å². The number of unbranched alkanes of at least 4 members (excludes halogenated alkanes) is 1. The van der Waals surface area contributed by atoms with Crippen LogP contribution < -0.4 is 21.3 Å². The minimum Gasteiger partial charge on any atom is -0.481 e. The lowest BCUT2D eigenvalue weighted by Crippen LogP contribution is -2.51. The predicted octanol–water partition coefficient (Wildman–Crippen LogP) is -0.0103. The Labute approximate surface area is 438 Å². The van der Waals surface area contributed by atoms with E-state index in [-0.39, 0.29) is 76.8 Å². The van der Waals surface area contributed by atoms with Crippen molar-refractivity contribution in [2.75, 3.05) is 92.0 Å². The maximum Gasteiger partial charge on any atom is 0.326 e. The Morgan fingerprint density at radius 3 is 1.78 bits per heavy atom. The molecule has 0 radical (unpaired) electrons. The molecule has 0 aliphatic carbocycles. The Morgan fingerprint density at radius 1 is 0.592 bits per heavy atom. The molecule has 0 aromatic heterocycles. The van der Waals surface area contributed by atoms with E-state index < -0.39 is 72.7 Å². The van der Waals surface area contributed by atoms with Crippen LogP contribution >= 0.6 is 0 Å². The van der Waals surface area contributed by atoms with Gasteiger partial charge in [-0.25, -0.2) is 14.4 Å². The lowest BCUT2D eigenvalue weighted by atomic mass is 9.96. The highest BCUT2D eigenvalue weighted by Crippen LogP contribution is 2.22. The average Bonchev–Trinajstić information content (AvgIpc) is 3.39. The van der Waals surface area contributed by atoms with Crippen LogP contribution in [0.5, 0.6) is 0 Å². The van der Waals surface area contributed by atoms with Gasteiger partial charge in [0.05, 0.1) is 13.1 Å². The normalized spacial score (nSPS) is 16.2. The highest BCUT2D eigenvalue weighted by Gasteiger charge is 2.28. The van der Waals surface area contributed by atoms with Crippen LogP contribution in [0, 0.1) is 0 Å². The number of ether oxygens (including phenoxy) is 2. The Bertz CT molecular complexity index is 2510. The van der Waals surface area contributed by atoms with Gasteiger partial charge in [0.15, 0.2) is 0 Å². The van der Waals surface area contributed by atoms with E-state index in [9.17, 15) is 63.3 Å². The second-order valence-electron chi connectivity index (χ2n) is 18.5. The number of nitrogens with one attached hydrogen (secondary N) is 4. The average molecular weight is 1060 g/mol. The van der Waals surface area contributed by atoms with Gasteiger partial charge in [-0.1, -0.05) is 48.5 Å². The summed E-state index contributed by atoms with van der Waals surface area (Å²) in [5.74, 6) is -6.39. The van der Waals surface area contributed by atoms with Crippen LogP contribution in [0.25, 0.3) is 10.8 Å². The number of carboxylic acids is 4. The number of urea groups is 1. The maximum atomic E-state index is 14.1. The Kier molecular flexibility index (Phi) is 23.8. The van der Waals surface area contributed by atoms with Gasteiger partial charge in [0.25, 0.3) is 18.9 Å². The molecule has 3 atom stereocenters. The Hall–Kier alpha value is -7.74. The predicted molar refractivity (Wildman–Crippen MR) is 270 cm³/mol. The third-order valence-corrected chi connectivity index (χ3v) is 13.1. The van der Waals surface area contributed by atoms with E-state index in [0.717, 1.165) is 27.5 Å².